The maximum absolute atomic E-state index is 13.2. The molecular formula is C24H45N3O6. The van der Waals surface area contributed by atoms with Crippen LogP contribution in [-0.2, 0) is 19.1 Å². The van der Waals surface area contributed by atoms with Crippen molar-refractivity contribution in [1.29, 1.82) is 0 Å². The highest BCUT2D eigenvalue weighted by Crippen LogP contribution is 2.16. The van der Waals surface area contributed by atoms with E-state index >= 15 is 0 Å². The third-order valence-electron chi connectivity index (χ3n) is 6.50. The van der Waals surface area contributed by atoms with Crippen molar-refractivity contribution in [3.63, 3.8) is 0 Å². The molecular weight excluding hydrogens is 426 g/mol. The van der Waals surface area contributed by atoms with Crippen molar-refractivity contribution in [2.24, 2.45) is 11.8 Å². The molecule has 3 N–H and O–H groups in total. The molecule has 0 saturated carbocycles. The molecule has 2 aliphatic heterocycles. The molecule has 0 radical (unpaired) electrons. The summed E-state index contributed by atoms with van der Waals surface area (Å²) in [5, 5.41) is 24.5. The van der Waals surface area contributed by atoms with Gasteiger partial charge < -0.3 is 34.8 Å². The van der Waals surface area contributed by atoms with Gasteiger partial charge in [0, 0.05) is 52.9 Å². The van der Waals surface area contributed by atoms with Gasteiger partial charge in [-0.25, -0.2) is 0 Å². The second-order valence-electron chi connectivity index (χ2n) is 9.77. The van der Waals surface area contributed by atoms with Crippen molar-refractivity contribution in [3.8, 4) is 0 Å². The maximum Gasteiger partial charge on any atom is 0.227 e. The topological polar surface area (TPSA) is 112 Å². The summed E-state index contributed by atoms with van der Waals surface area (Å²) < 4.78 is 11.5. The van der Waals surface area contributed by atoms with E-state index in [0.717, 1.165) is 38.6 Å². The van der Waals surface area contributed by atoms with E-state index in [1.165, 1.54) is 6.92 Å². The van der Waals surface area contributed by atoms with E-state index in [1.807, 2.05) is 4.90 Å². The standard InChI is InChI=1S/C24H45N3O6/c1-18(2)8-14-33-22-16-27(19(3)28)12-11-26(24(31)20-7-6-9-25-15-20)10-4-5-13-32-17-21(29)23(22)30/h18,20-23,25,29-30H,4-17H2,1-3H3/t20-,21+,22+,23+/m0/s1. The van der Waals surface area contributed by atoms with E-state index in [-0.39, 0.29) is 30.9 Å². The van der Waals surface area contributed by atoms with Crippen molar-refractivity contribution >= 4 is 11.8 Å². The molecule has 0 bridgehead atoms. The molecule has 0 aromatic rings. The molecule has 2 heterocycles. The summed E-state index contributed by atoms with van der Waals surface area (Å²) in [6.07, 6.45) is 1.22. The van der Waals surface area contributed by atoms with E-state index in [1.54, 1.807) is 4.90 Å². The number of aliphatic hydroxyl groups excluding tert-OH is 2. The summed E-state index contributed by atoms with van der Waals surface area (Å²) in [5.41, 5.74) is 0. The summed E-state index contributed by atoms with van der Waals surface area (Å²) in [4.78, 5) is 29.1. The molecule has 0 aromatic heterocycles. The number of piperidine rings is 1. The Bertz CT molecular complexity index is 585. The average molecular weight is 472 g/mol. The largest absolute Gasteiger partial charge is 0.388 e. The molecule has 0 spiro atoms. The molecule has 2 aliphatic rings. The minimum Gasteiger partial charge on any atom is -0.388 e. The minimum absolute atomic E-state index is 0.00165. The number of nitrogens with zero attached hydrogens (tertiary/aromatic N) is 2. The highest BCUT2D eigenvalue weighted by atomic mass is 16.5. The van der Waals surface area contributed by atoms with Gasteiger partial charge in [0.15, 0.2) is 0 Å². The second-order valence-corrected chi connectivity index (χ2v) is 9.77. The van der Waals surface area contributed by atoms with Crippen LogP contribution in [0.5, 0.6) is 0 Å². The van der Waals surface area contributed by atoms with Gasteiger partial charge in [0.2, 0.25) is 11.8 Å². The average Bonchev–Trinajstić information content (AvgIpc) is 2.79. The number of aliphatic hydroxyl groups is 2. The maximum atomic E-state index is 13.2. The van der Waals surface area contributed by atoms with Crippen LogP contribution < -0.4 is 5.32 Å². The number of ether oxygens (including phenoxy) is 2. The Balaban J connectivity index is 2.12. The quantitative estimate of drug-likeness (QED) is 0.539. The van der Waals surface area contributed by atoms with Crippen LogP contribution >= 0.6 is 0 Å². The smallest absolute Gasteiger partial charge is 0.227 e. The molecule has 4 atom stereocenters. The number of rotatable bonds is 5. The number of amides is 2. The SMILES string of the molecule is CC(=O)N1CCN(C(=O)[C@H]2CCCNC2)CCCCOC[C@@H](O)[C@@H](O)[C@H](OCCC(C)C)C1. The number of nitrogens with one attached hydrogen (secondary N) is 1. The fraction of sp³-hybridized carbons (Fsp3) is 0.917. The first-order valence-electron chi connectivity index (χ1n) is 12.6. The van der Waals surface area contributed by atoms with E-state index in [2.05, 4.69) is 19.2 Å². The molecule has 0 unspecified atom stereocenters. The van der Waals surface area contributed by atoms with E-state index < -0.39 is 18.3 Å². The Morgan fingerprint density at radius 3 is 2.55 bits per heavy atom. The Morgan fingerprint density at radius 2 is 1.88 bits per heavy atom. The fourth-order valence-electron chi connectivity index (χ4n) is 4.26. The van der Waals surface area contributed by atoms with Crippen LogP contribution in [0.4, 0.5) is 0 Å². The van der Waals surface area contributed by atoms with Crippen LogP contribution in [0.15, 0.2) is 0 Å². The van der Waals surface area contributed by atoms with Gasteiger partial charge in [-0.05, 0) is 44.6 Å². The first-order valence-corrected chi connectivity index (χ1v) is 12.6. The van der Waals surface area contributed by atoms with Crippen molar-refractivity contribution in [2.75, 3.05) is 59.1 Å². The van der Waals surface area contributed by atoms with Crippen molar-refractivity contribution < 1.29 is 29.3 Å². The molecule has 2 saturated heterocycles. The lowest BCUT2D eigenvalue weighted by Gasteiger charge is -2.35. The molecule has 2 rings (SSSR count). The van der Waals surface area contributed by atoms with Crippen LogP contribution in [-0.4, -0.2) is 109 Å². The first-order chi connectivity index (χ1) is 15.8. The summed E-state index contributed by atoms with van der Waals surface area (Å²) in [6.45, 7) is 9.76. The normalized spacial score (nSPS) is 29.0. The predicted molar refractivity (Wildman–Crippen MR) is 126 cm³/mol. The second kappa shape index (κ2) is 14.9. The number of hydrogen-bond acceptors (Lipinski definition) is 7. The van der Waals surface area contributed by atoms with Gasteiger partial charge in [-0.1, -0.05) is 13.8 Å². The summed E-state index contributed by atoms with van der Waals surface area (Å²) in [7, 11) is 0. The number of hydrogen-bond donors (Lipinski definition) is 3. The third kappa shape index (κ3) is 9.86. The van der Waals surface area contributed by atoms with E-state index in [4.69, 9.17) is 9.47 Å². The molecule has 2 amide bonds. The Morgan fingerprint density at radius 1 is 1.12 bits per heavy atom. The van der Waals surface area contributed by atoms with Crippen LogP contribution in [0.2, 0.25) is 0 Å². The number of carbonyl (C=O) groups excluding carboxylic acids is 2. The molecule has 0 aromatic carbocycles. The fourth-order valence-corrected chi connectivity index (χ4v) is 4.26. The third-order valence-corrected chi connectivity index (χ3v) is 6.50. The molecule has 9 nitrogen and oxygen atoms in total. The van der Waals surface area contributed by atoms with Gasteiger partial charge in [-0.3, -0.25) is 9.59 Å². The van der Waals surface area contributed by atoms with Crippen molar-refractivity contribution in [3.05, 3.63) is 0 Å². The molecule has 9 heteroatoms. The lowest BCUT2D eigenvalue weighted by molar-refractivity contribution is -0.143. The van der Waals surface area contributed by atoms with Crippen LogP contribution in [0.1, 0.15) is 52.9 Å². The zero-order valence-electron chi connectivity index (χ0n) is 20.7. The molecule has 0 aliphatic carbocycles. The Kier molecular flexibility index (Phi) is 12.6. The summed E-state index contributed by atoms with van der Waals surface area (Å²) >= 11 is 0. The van der Waals surface area contributed by atoms with Gasteiger partial charge in [0.1, 0.15) is 18.3 Å². The Labute approximate surface area is 198 Å². The zero-order chi connectivity index (χ0) is 24.2. The highest BCUT2D eigenvalue weighted by Gasteiger charge is 2.31. The number of carbonyl (C=O) groups is 2. The van der Waals surface area contributed by atoms with E-state index in [0.29, 0.717) is 45.3 Å². The van der Waals surface area contributed by atoms with Gasteiger partial charge in [-0.2, -0.15) is 0 Å². The highest BCUT2D eigenvalue weighted by molar-refractivity contribution is 5.79. The van der Waals surface area contributed by atoms with Crippen molar-refractivity contribution in [1.82, 2.24) is 15.1 Å². The zero-order valence-corrected chi connectivity index (χ0v) is 20.7. The van der Waals surface area contributed by atoms with Gasteiger partial charge in [-0.15, -0.1) is 0 Å². The molecule has 192 valence electrons. The van der Waals surface area contributed by atoms with E-state index in [9.17, 15) is 19.8 Å². The van der Waals surface area contributed by atoms with Gasteiger partial charge >= 0.3 is 0 Å². The summed E-state index contributed by atoms with van der Waals surface area (Å²) in [6, 6.07) is 0. The minimum atomic E-state index is -1.17. The van der Waals surface area contributed by atoms with Crippen LogP contribution in [0.3, 0.4) is 0 Å². The first kappa shape index (κ1) is 28.0. The van der Waals surface area contributed by atoms with Gasteiger partial charge in [0.25, 0.3) is 0 Å². The van der Waals surface area contributed by atoms with Crippen molar-refractivity contribution in [2.45, 2.75) is 71.2 Å². The Hall–Kier alpha value is -1.26. The van der Waals surface area contributed by atoms with Gasteiger partial charge in [0.05, 0.1) is 12.5 Å². The lowest BCUT2D eigenvalue weighted by atomic mass is 9.98. The molecule has 33 heavy (non-hydrogen) atoms. The predicted octanol–water partition coefficient (Wildman–Crippen LogP) is 0.627. The monoisotopic (exact) mass is 471 g/mol. The lowest BCUT2D eigenvalue weighted by Crippen LogP contribution is -2.51. The van der Waals surface area contributed by atoms with Crippen LogP contribution in [0.25, 0.3) is 0 Å². The van der Waals surface area contributed by atoms with Crippen LogP contribution in [0, 0.1) is 11.8 Å². The summed E-state index contributed by atoms with van der Waals surface area (Å²) in [5.74, 6) is 0.401. The molecule has 2 fully saturated rings.